The molecule has 0 radical (unpaired) electrons. The lowest BCUT2D eigenvalue weighted by Gasteiger charge is -2.30. The largest absolute Gasteiger partial charge is 0.486 e. The maximum Gasteiger partial charge on any atom is 0.289 e. The predicted molar refractivity (Wildman–Crippen MR) is 105 cm³/mol. The van der Waals surface area contributed by atoms with Gasteiger partial charge < -0.3 is 18.8 Å². The fourth-order valence-corrected chi connectivity index (χ4v) is 4.79. The van der Waals surface area contributed by atoms with Crippen LogP contribution in [0.15, 0.2) is 40.8 Å². The second-order valence-electron chi connectivity index (χ2n) is 7.12. The lowest BCUT2D eigenvalue weighted by Crippen LogP contribution is -2.44. The summed E-state index contributed by atoms with van der Waals surface area (Å²) >= 11 is 1.88. The average Bonchev–Trinajstić information content (AvgIpc) is 3.48. The lowest BCUT2D eigenvalue weighted by atomic mass is 10.1. The zero-order valence-corrected chi connectivity index (χ0v) is 16.5. The van der Waals surface area contributed by atoms with Crippen molar-refractivity contribution >= 4 is 17.7 Å². The van der Waals surface area contributed by atoms with Crippen molar-refractivity contribution in [1.82, 2.24) is 4.90 Å². The first kappa shape index (κ1) is 19.3. The molecule has 2 atom stereocenters. The molecule has 0 spiro atoms. The number of nitrogens with zero attached hydrogens (tertiary/aromatic N) is 1. The van der Waals surface area contributed by atoms with Gasteiger partial charge in [-0.05, 0) is 61.4 Å². The Balaban J connectivity index is 1.41. The van der Waals surface area contributed by atoms with Crippen LogP contribution in [0.1, 0.15) is 35.6 Å². The molecule has 28 heavy (non-hydrogen) atoms. The first-order valence-electron chi connectivity index (χ1n) is 9.66. The molecule has 2 aromatic rings. The molecule has 5 nitrogen and oxygen atoms in total. The number of furan rings is 1. The number of hydrogen-bond acceptors (Lipinski definition) is 5. The van der Waals surface area contributed by atoms with Gasteiger partial charge in [-0.25, -0.2) is 4.39 Å². The van der Waals surface area contributed by atoms with E-state index in [1.54, 1.807) is 24.3 Å². The molecule has 7 heteroatoms. The Labute approximate surface area is 168 Å². The van der Waals surface area contributed by atoms with Gasteiger partial charge in [-0.15, -0.1) is 0 Å². The number of ether oxygens (including phenoxy) is 2. The third-order valence-electron chi connectivity index (χ3n) is 5.10. The van der Waals surface area contributed by atoms with Crippen molar-refractivity contribution in [2.24, 2.45) is 0 Å². The Morgan fingerprint density at radius 3 is 2.79 bits per heavy atom. The molecule has 0 aliphatic carbocycles. The highest BCUT2D eigenvalue weighted by molar-refractivity contribution is 7.99. The average molecular weight is 405 g/mol. The van der Waals surface area contributed by atoms with Gasteiger partial charge >= 0.3 is 0 Å². The zero-order chi connectivity index (χ0) is 19.3. The molecule has 2 aliphatic heterocycles. The summed E-state index contributed by atoms with van der Waals surface area (Å²) in [6.07, 6.45) is 3.17. The Morgan fingerprint density at radius 2 is 2.07 bits per heavy atom. The van der Waals surface area contributed by atoms with Gasteiger partial charge in [0, 0.05) is 24.9 Å². The number of carbonyl (C=O) groups excluding carboxylic acids is 1. The number of carbonyl (C=O) groups is 1. The van der Waals surface area contributed by atoms with Crippen molar-refractivity contribution < 1.29 is 23.1 Å². The summed E-state index contributed by atoms with van der Waals surface area (Å²) in [5.41, 5.74) is 0. The van der Waals surface area contributed by atoms with Crippen molar-refractivity contribution in [3.63, 3.8) is 0 Å². The van der Waals surface area contributed by atoms with Crippen LogP contribution in [0.5, 0.6) is 5.75 Å². The highest BCUT2D eigenvalue weighted by Crippen LogP contribution is 2.26. The van der Waals surface area contributed by atoms with Crippen LogP contribution in [0, 0.1) is 5.82 Å². The topological polar surface area (TPSA) is 51.9 Å². The van der Waals surface area contributed by atoms with E-state index in [0.717, 1.165) is 37.4 Å². The standard InChI is InChI=1S/C21H24FNO4S/c22-15-3-5-17(6-4-15)26-13-19-7-8-20(27-19)21(24)23(16-9-11-28-14-16)12-18-2-1-10-25-18/h3-8,16,18H,1-2,9-14H2. The summed E-state index contributed by atoms with van der Waals surface area (Å²) in [6, 6.07) is 9.49. The fraction of sp³-hybridized carbons (Fsp3) is 0.476. The number of thioether (sulfide) groups is 1. The van der Waals surface area contributed by atoms with E-state index in [4.69, 9.17) is 13.9 Å². The molecule has 2 aliphatic rings. The van der Waals surface area contributed by atoms with E-state index in [1.807, 2.05) is 16.7 Å². The minimum atomic E-state index is -0.311. The Bertz CT molecular complexity index is 782. The lowest BCUT2D eigenvalue weighted by molar-refractivity contribution is 0.0416. The van der Waals surface area contributed by atoms with Crippen LogP contribution in [-0.4, -0.2) is 47.6 Å². The van der Waals surface area contributed by atoms with Gasteiger partial charge in [0.05, 0.1) is 6.10 Å². The number of benzene rings is 1. The SMILES string of the molecule is O=C(c1ccc(COc2ccc(F)cc2)o1)N(CC1CCCO1)C1CCSC1. The van der Waals surface area contributed by atoms with Crippen LogP contribution >= 0.6 is 11.8 Å². The van der Waals surface area contributed by atoms with Crippen LogP contribution in [0.2, 0.25) is 0 Å². The monoisotopic (exact) mass is 405 g/mol. The number of halogens is 1. The highest BCUT2D eigenvalue weighted by Gasteiger charge is 2.32. The molecule has 0 N–H and O–H groups in total. The molecule has 0 saturated carbocycles. The number of rotatable bonds is 7. The zero-order valence-electron chi connectivity index (χ0n) is 15.6. The van der Waals surface area contributed by atoms with Crippen molar-refractivity contribution in [2.75, 3.05) is 24.7 Å². The fourth-order valence-electron chi connectivity index (χ4n) is 3.57. The second kappa shape index (κ2) is 9.01. The van der Waals surface area contributed by atoms with Gasteiger partial charge in [0.25, 0.3) is 5.91 Å². The summed E-state index contributed by atoms with van der Waals surface area (Å²) in [7, 11) is 0. The van der Waals surface area contributed by atoms with Crippen LogP contribution in [0.3, 0.4) is 0 Å². The van der Waals surface area contributed by atoms with Gasteiger partial charge in [0.15, 0.2) is 5.76 Å². The van der Waals surface area contributed by atoms with Crippen LogP contribution < -0.4 is 4.74 Å². The smallest absolute Gasteiger partial charge is 0.289 e. The van der Waals surface area contributed by atoms with E-state index in [-0.39, 0.29) is 30.5 Å². The van der Waals surface area contributed by atoms with Gasteiger partial charge in [0.2, 0.25) is 0 Å². The summed E-state index contributed by atoms with van der Waals surface area (Å²) in [4.78, 5) is 15.1. The van der Waals surface area contributed by atoms with Crippen LogP contribution in [0.4, 0.5) is 4.39 Å². The maximum atomic E-state index is 13.1. The minimum Gasteiger partial charge on any atom is -0.486 e. The maximum absolute atomic E-state index is 13.1. The highest BCUT2D eigenvalue weighted by atomic mass is 32.2. The van der Waals surface area contributed by atoms with Gasteiger partial charge in [-0.3, -0.25) is 4.79 Å². The second-order valence-corrected chi connectivity index (χ2v) is 8.27. The molecule has 150 valence electrons. The third-order valence-corrected chi connectivity index (χ3v) is 6.24. The summed E-state index contributed by atoms with van der Waals surface area (Å²) in [5, 5.41) is 0. The van der Waals surface area contributed by atoms with Gasteiger partial charge in [-0.1, -0.05) is 0 Å². The summed E-state index contributed by atoms with van der Waals surface area (Å²) in [5.74, 6) is 3.08. The first-order chi connectivity index (χ1) is 13.7. The molecule has 1 amide bonds. The molecule has 4 rings (SSSR count). The van der Waals surface area contributed by atoms with E-state index >= 15 is 0 Å². The van der Waals surface area contributed by atoms with Gasteiger partial charge in [-0.2, -0.15) is 11.8 Å². The van der Waals surface area contributed by atoms with E-state index in [1.165, 1.54) is 12.1 Å². The van der Waals surface area contributed by atoms with Gasteiger partial charge in [0.1, 0.15) is 23.9 Å². The summed E-state index contributed by atoms with van der Waals surface area (Å²) in [6.45, 7) is 1.58. The molecule has 1 aromatic carbocycles. The van der Waals surface area contributed by atoms with Crippen LogP contribution in [0.25, 0.3) is 0 Å². The van der Waals surface area contributed by atoms with E-state index in [9.17, 15) is 9.18 Å². The normalized spacial score (nSPS) is 21.8. The van der Waals surface area contributed by atoms with E-state index in [0.29, 0.717) is 23.8 Å². The molecule has 1 aromatic heterocycles. The molecular formula is C21H24FNO4S. The predicted octanol–water partition coefficient (Wildman–Crippen LogP) is 4.12. The summed E-state index contributed by atoms with van der Waals surface area (Å²) < 4.78 is 30.1. The minimum absolute atomic E-state index is 0.0870. The van der Waals surface area contributed by atoms with Crippen molar-refractivity contribution in [1.29, 1.82) is 0 Å². The molecule has 2 unspecified atom stereocenters. The van der Waals surface area contributed by atoms with Crippen molar-refractivity contribution in [2.45, 2.75) is 38.0 Å². The number of amides is 1. The Morgan fingerprint density at radius 1 is 1.21 bits per heavy atom. The molecule has 3 heterocycles. The molecule has 0 bridgehead atoms. The molecular weight excluding hydrogens is 381 g/mol. The van der Waals surface area contributed by atoms with Crippen LogP contribution in [-0.2, 0) is 11.3 Å². The van der Waals surface area contributed by atoms with E-state index < -0.39 is 0 Å². The van der Waals surface area contributed by atoms with Crippen molar-refractivity contribution in [3.05, 3.63) is 53.7 Å². The Hall–Kier alpha value is -1.99. The van der Waals surface area contributed by atoms with Crippen molar-refractivity contribution in [3.8, 4) is 5.75 Å². The molecule has 2 fully saturated rings. The van der Waals surface area contributed by atoms with E-state index in [2.05, 4.69) is 0 Å². The molecule has 2 saturated heterocycles. The Kier molecular flexibility index (Phi) is 6.22. The third kappa shape index (κ3) is 4.70. The number of hydrogen-bond donors (Lipinski definition) is 0. The first-order valence-corrected chi connectivity index (χ1v) is 10.8. The quantitative estimate of drug-likeness (QED) is 0.693.